The van der Waals surface area contributed by atoms with Gasteiger partial charge in [0.15, 0.2) is 0 Å². The molecule has 1 aliphatic heterocycles. The van der Waals surface area contributed by atoms with Crippen LogP contribution >= 0.6 is 0 Å². The van der Waals surface area contributed by atoms with Crippen molar-refractivity contribution in [2.75, 3.05) is 12.3 Å². The van der Waals surface area contributed by atoms with E-state index in [1.54, 1.807) is 4.31 Å². The van der Waals surface area contributed by atoms with Crippen molar-refractivity contribution < 1.29 is 8.42 Å². The minimum absolute atomic E-state index is 0.242. The minimum atomic E-state index is -2.98. The van der Waals surface area contributed by atoms with E-state index < -0.39 is 10.0 Å². The second kappa shape index (κ2) is 5.30. The number of unbranched alkanes of at least 4 members (excludes halogenated alkanes) is 1. The van der Waals surface area contributed by atoms with Crippen molar-refractivity contribution in [3.63, 3.8) is 0 Å². The molecule has 0 unspecified atom stereocenters. The highest BCUT2D eigenvalue weighted by molar-refractivity contribution is 7.89. The zero-order chi connectivity index (χ0) is 11.5. The average Bonchev–Trinajstić information content (AvgIpc) is 2.63. The van der Waals surface area contributed by atoms with E-state index in [-0.39, 0.29) is 6.04 Å². The maximum Gasteiger partial charge on any atom is 0.214 e. The standard InChI is InChI=1S/C11H23NO2S/c1-4-5-9-15(13,14)12-8-6-7-11(12)10(2)3/h10-11H,4-9H2,1-3H3/t11-/m1/s1. The van der Waals surface area contributed by atoms with Crippen LogP contribution in [0.25, 0.3) is 0 Å². The summed E-state index contributed by atoms with van der Waals surface area (Å²) in [6.07, 6.45) is 3.78. The van der Waals surface area contributed by atoms with Crippen LogP contribution < -0.4 is 0 Å². The lowest BCUT2D eigenvalue weighted by molar-refractivity contribution is 0.315. The topological polar surface area (TPSA) is 37.4 Å². The van der Waals surface area contributed by atoms with Crippen LogP contribution in [0, 0.1) is 5.92 Å². The fraction of sp³-hybridized carbons (Fsp3) is 1.00. The molecule has 1 saturated heterocycles. The maximum atomic E-state index is 12.0. The van der Waals surface area contributed by atoms with Gasteiger partial charge in [-0.1, -0.05) is 27.2 Å². The smallest absolute Gasteiger partial charge is 0.212 e. The second-order valence-corrected chi connectivity index (χ2v) is 6.77. The molecule has 0 radical (unpaired) electrons. The summed E-state index contributed by atoms with van der Waals surface area (Å²) in [6.45, 7) is 6.98. The van der Waals surface area contributed by atoms with Crippen LogP contribution in [0.1, 0.15) is 46.5 Å². The van der Waals surface area contributed by atoms with Gasteiger partial charge in [0.1, 0.15) is 0 Å². The number of hydrogen-bond acceptors (Lipinski definition) is 2. The molecule has 90 valence electrons. The number of hydrogen-bond donors (Lipinski definition) is 0. The van der Waals surface area contributed by atoms with Crippen molar-refractivity contribution in [2.24, 2.45) is 5.92 Å². The van der Waals surface area contributed by atoms with Crippen molar-refractivity contribution in [3.05, 3.63) is 0 Å². The molecule has 3 nitrogen and oxygen atoms in total. The largest absolute Gasteiger partial charge is 0.214 e. The minimum Gasteiger partial charge on any atom is -0.212 e. The summed E-state index contributed by atoms with van der Waals surface area (Å²) >= 11 is 0. The lowest BCUT2D eigenvalue weighted by atomic mass is 10.0. The van der Waals surface area contributed by atoms with Crippen LogP contribution in [0.15, 0.2) is 0 Å². The average molecular weight is 233 g/mol. The third-order valence-corrected chi connectivity index (χ3v) is 5.10. The van der Waals surface area contributed by atoms with Crippen LogP contribution in [0.5, 0.6) is 0 Å². The molecular weight excluding hydrogens is 210 g/mol. The van der Waals surface area contributed by atoms with Crippen molar-refractivity contribution in [3.8, 4) is 0 Å². The predicted molar refractivity (Wildman–Crippen MR) is 63.3 cm³/mol. The summed E-state index contributed by atoms with van der Waals surface area (Å²) in [5.41, 5.74) is 0. The highest BCUT2D eigenvalue weighted by atomic mass is 32.2. The third kappa shape index (κ3) is 3.18. The molecule has 0 amide bonds. The van der Waals surface area contributed by atoms with Crippen molar-refractivity contribution in [1.29, 1.82) is 0 Å². The SMILES string of the molecule is CCCCS(=O)(=O)N1CCC[C@@H]1C(C)C. The molecule has 1 atom stereocenters. The Morgan fingerprint density at radius 1 is 1.40 bits per heavy atom. The fourth-order valence-corrected chi connectivity index (χ4v) is 4.28. The van der Waals surface area contributed by atoms with Gasteiger partial charge in [0.2, 0.25) is 10.0 Å². The molecule has 15 heavy (non-hydrogen) atoms. The molecule has 0 aromatic rings. The van der Waals surface area contributed by atoms with E-state index in [1.807, 2.05) is 6.92 Å². The Morgan fingerprint density at radius 3 is 2.60 bits per heavy atom. The molecule has 0 spiro atoms. The monoisotopic (exact) mass is 233 g/mol. The van der Waals surface area contributed by atoms with Crippen molar-refractivity contribution in [1.82, 2.24) is 4.31 Å². The van der Waals surface area contributed by atoms with Gasteiger partial charge in [0.05, 0.1) is 5.75 Å². The predicted octanol–water partition coefficient (Wildman–Crippen LogP) is 2.24. The highest BCUT2D eigenvalue weighted by Crippen LogP contribution is 2.27. The van der Waals surface area contributed by atoms with E-state index >= 15 is 0 Å². The summed E-state index contributed by atoms with van der Waals surface area (Å²) in [6, 6.07) is 0.242. The number of nitrogens with zero attached hydrogens (tertiary/aromatic N) is 1. The molecular formula is C11H23NO2S. The van der Waals surface area contributed by atoms with E-state index in [2.05, 4.69) is 13.8 Å². The zero-order valence-electron chi connectivity index (χ0n) is 10.1. The first kappa shape index (κ1) is 13.0. The van der Waals surface area contributed by atoms with E-state index in [0.717, 1.165) is 32.2 Å². The third-order valence-electron chi connectivity index (χ3n) is 3.13. The van der Waals surface area contributed by atoms with Gasteiger partial charge >= 0.3 is 0 Å². The van der Waals surface area contributed by atoms with Gasteiger partial charge in [-0.15, -0.1) is 0 Å². The van der Waals surface area contributed by atoms with Crippen LogP contribution in [-0.4, -0.2) is 31.1 Å². The molecule has 1 fully saturated rings. The summed E-state index contributed by atoms with van der Waals surface area (Å²) < 4.78 is 25.8. The van der Waals surface area contributed by atoms with Crippen molar-refractivity contribution >= 4 is 10.0 Å². The molecule has 0 bridgehead atoms. The lowest BCUT2D eigenvalue weighted by Crippen LogP contribution is -2.39. The normalized spacial score (nSPS) is 23.9. The first-order valence-electron chi connectivity index (χ1n) is 5.98. The van der Waals surface area contributed by atoms with E-state index in [0.29, 0.717) is 11.7 Å². The number of sulfonamides is 1. The fourth-order valence-electron chi connectivity index (χ4n) is 2.22. The quantitative estimate of drug-likeness (QED) is 0.730. The molecule has 1 aliphatic rings. The number of rotatable bonds is 5. The van der Waals surface area contributed by atoms with E-state index in [1.165, 1.54) is 0 Å². The maximum absolute atomic E-state index is 12.0. The van der Waals surface area contributed by atoms with Crippen LogP contribution in [-0.2, 0) is 10.0 Å². The van der Waals surface area contributed by atoms with Gasteiger partial charge in [-0.2, -0.15) is 4.31 Å². The Hall–Kier alpha value is -0.0900. The molecule has 0 saturated carbocycles. The molecule has 4 heteroatoms. The van der Waals surface area contributed by atoms with Gasteiger partial charge in [-0.25, -0.2) is 8.42 Å². The second-order valence-electron chi connectivity index (χ2n) is 4.73. The van der Waals surface area contributed by atoms with Gasteiger partial charge in [0.25, 0.3) is 0 Å². The lowest BCUT2D eigenvalue weighted by Gasteiger charge is -2.26. The van der Waals surface area contributed by atoms with Crippen molar-refractivity contribution in [2.45, 2.75) is 52.5 Å². The summed E-state index contributed by atoms with van der Waals surface area (Å²) in [4.78, 5) is 0. The molecule has 1 rings (SSSR count). The van der Waals surface area contributed by atoms with E-state index in [9.17, 15) is 8.42 Å². The Kier molecular flexibility index (Phi) is 4.59. The van der Waals surface area contributed by atoms with E-state index in [4.69, 9.17) is 0 Å². The Bertz CT molecular complexity index is 285. The summed E-state index contributed by atoms with van der Waals surface area (Å²) in [7, 11) is -2.98. The highest BCUT2D eigenvalue weighted by Gasteiger charge is 2.34. The molecule has 0 N–H and O–H groups in total. The van der Waals surface area contributed by atoms with Crippen LogP contribution in [0.3, 0.4) is 0 Å². The Balaban J connectivity index is 2.69. The Labute approximate surface area is 93.9 Å². The first-order chi connectivity index (χ1) is 6.99. The molecule has 1 heterocycles. The van der Waals surface area contributed by atoms with Gasteiger partial charge in [-0.05, 0) is 25.2 Å². The van der Waals surface area contributed by atoms with Gasteiger partial charge in [0, 0.05) is 12.6 Å². The zero-order valence-corrected chi connectivity index (χ0v) is 10.9. The molecule has 0 aromatic carbocycles. The van der Waals surface area contributed by atoms with Crippen LogP contribution in [0.2, 0.25) is 0 Å². The van der Waals surface area contributed by atoms with Crippen LogP contribution in [0.4, 0.5) is 0 Å². The van der Waals surface area contributed by atoms with Gasteiger partial charge < -0.3 is 0 Å². The Morgan fingerprint density at radius 2 is 2.07 bits per heavy atom. The summed E-state index contributed by atoms with van der Waals surface area (Å²) in [5.74, 6) is 0.760. The first-order valence-corrected chi connectivity index (χ1v) is 7.59. The molecule has 0 aliphatic carbocycles. The summed E-state index contributed by atoms with van der Waals surface area (Å²) in [5, 5.41) is 0. The molecule has 0 aromatic heterocycles. The van der Waals surface area contributed by atoms with Gasteiger partial charge in [-0.3, -0.25) is 0 Å².